The van der Waals surface area contributed by atoms with Gasteiger partial charge in [-0.2, -0.15) is 5.10 Å². The molecule has 1 aliphatic rings. The Labute approximate surface area is 140 Å². The molecule has 1 amide bonds. The van der Waals surface area contributed by atoms with Crippen LogP contribution in [-0.4, -0.2) is 26.6 Å². The van der Waals surface area contributed by atoms with Gasteiger partial charge in [0.25, 0.3) is 5.91 Å². The van der Waals surface area contributed by atoms with Crippen molar-refractivity contribution < 1.29 is 13.2 Å². The van der Waals surface area contributed by atoms with Gasteiger partial charge in [-0.25, -0.2) is 18.6 Å². The molecule has 1 aliphatic carbocycles. The lowest BCUT2D eigenvalue weighted by Gasteiger charge is -2.06. The highest BCUT2D eigenvalue weighted by Crippen LogP contribution is 2.21. The number of fused-ring (bicyclic) bond motifs is 1. The molecule has 0 radical (unpaired) electrons. The predicted octanol–water partition coefficient (Wildman–Crippen LogP) is 1.43. The summed E-state index contributed by atoms with van der Waals surface area (Å²) in [5.41, 5.74) is 5.46. The van der Waals surface area contributed by atoms with E-state index in [2.05, 4.69) is 15.2 Å². The number of sulfonamides is 1. The Morgan fingerprint density at radius 1 is 1.00 bits per heavy atom. The number of rotatable bonds is 5. The molecule has 0 saturated carbocycles. The van der Waals surface area contributed by atoms with E-state index >= 15 is 0 Å². The Balaban J connectivity index is 1.58. The second-order valence-corrected chi connectivity index (χ2v) is 7.16. The maximum absolute atomic E-state index is 12.0. The van der Waals surface area contributed by atoms with Crippen molar-refractivity contribution in [2.45, 2.75) is 17.7 Å². The Morgan fingerprint density at radius 3 is 2.50 bits per heavy atom. The SMILES string of the molecule is O=C(CNS(=O)(=O)c1ccccc1)N/N=C1/CCc2ccccc21. The first-order valence-electron chi connectivity index (χ1n) is 7.55. The summed E-state index contributed by atoms with van der Waals surface area (Å²) in [6.45, 7) is -0.365. The second kappa shape index (κ2) is 6.94. The van der Waals surface area contributed by atoms with Crippen LogP contribution in [0.2, 0.25) is 0 Å². The van der Waals surface area contributed by atoms with E-state index in [-0.39, 0.29) is 11.4 Å². The zero-order valence-electron chi connectivity index (χ0n) is 12.9. The minimum Gasteiger partial charge on any atom is -0.272 e. The largest absolute Gasteiger partial charge is 0.272 e. The van der Waals surface area contributed by atoms with Crippen LogP contribution in [0.1, 0.15) is 17.5 Å². The van der Waals surface area contributed by atoms with Gasteiger partial charge in [-0.15, -0.1) is 0 Å². The monoisotopic (exact) mass is 343 g/mol. The van der Waals surface area contributed by atoms with Gasteiger partial charge in [-0.3, -0.25) is 4.79 Å². The van der Waals surface area contributed by atoms with Crippen molar-refractivity contribution in [1.29, 1.82) is 0 Å². The molecule has 24 heavy (non-hydrogen) atoms. The molecule has 124 valence electrons. The molecular formula is C17H17N3O3S. The van der Waals surface area contributed by atoms with E-state index in [1.165, 1.54) is 17.7 Å². The molecule has 0 unspecified atom stereocenters. The van der Waals surface area contributed by atoms with Crippen LogP contribution in [0.3, 0.4) is 0 Å². The average molecular weight is 343 g/mol. The van der Waals surface area contributed by atoms with E-state index in [4.69, 9.17) is 0 Å². The molecule has 0 fully saturated rings. The Kier molecular flexibility index (Phi) is 4.73. The highest BCUT2D eigenvalue weighted by atomic mass is 32.2. The highest BCUT2D eigenvalue weighted by Gasteiger charge is 2.18. The standard InChI is InChI=1S/C17H17N3O3S/c21-17(12-18-24(22,23)14-7-2-1-3-8-14)20-19-16-11-10-13-6-4-5-9-15(13)16/h1-9,18H,10-12H2,(H,20,21)/b19-16-. The minimum absolute atomic E-state index is 0.119. The number of carbonyl (C=O) groups excluding carboxylic acids is 1. The molecule has 2 aromatic carbocycles. The molecule has 0 bridgehead atoms. The summed E-state index contributed by atoms with van der Waals surface area (Å²) < 4.78 is 26.3. The fourth-order valence-electron chi connectivity index (χ4n) is 2.54. The molecule has 0 saturated heterocycles. The molecule has 7 heteroatoms. The molecule has 0 aromatic heterocycles. The Bertz CT molecular complexity index is 877. The summed E-state index contributed by atoms with van der Waals surface area (Å²) in [6.07, 6.45) is 1.65. The third-order valence-electron chi connectivity index (χ3n) is 3.75. The molecule has 0 spiro atoms. The highest BCUT2D eigenvalue weighted by molar-refractivity contribution is 7.89. The minimum atomic E-state index is -3.70. The van der Waals surface area contributed by atoms with Crippen LogP contribution in [-0.2, 0) is 21.2 Å². The maximum Gasteiger partial charge on any atom is 0.255 e. The first-order chi connectivity index (χ1) is 11.6. The Morgan fingerprint density at radius 2 is 1.71 bits per heavy atom. The third kappa shape index (κ3) is 3.69. The van der Waals surface area contributed by atoms with Crippen LogP contribution in [0.25, 0.3) is 0 Å². The predicted molar refractivity (Wildman–Crippen MR) is 91.1 cm³/mol. The summed E-state index contributed by atoms with van der Waals surface area (Å²) in [7, 11) is -3.70. The molecular weight excluding hydrogens is 326 g/mol. The second-order valence-electron chi connectivity index (χ2n) is 5.39. The van der Waals surface area contributed by atoms with Gasteiger partial charge in [-0.1, -0.05) is 42.5 Å². The number of hydrogen-bond donors (Lipinski definition) is 2. The van der Waals surface area contributed by atoms with Crippen LogP contribution in [0, 0.1) is 0 Å². The fourth-order valence-corrected chi connectivity index (χ4v) is 3.54. The summed E-state index contributed by atoms with van der Waals surface area (Å²) in [5.74, 6) is -0.508. The van der Waals surface area contributed by atoms with Crippen molar-refractivity contribution >= 4 is 21.6 Å². The van der Waals surface area contributed by atoms with Crippen LogP contribution in [0.15, 0.2) is 64.6 Å². The lowest BCUT2D eigenvalue weighted by Crippen LogP contribution is -2.35. The van der Waals surface area contributed by atoms with Gasteiger partial charge in [0.1, 0.15) is 0 Å². The number of nitrogens with one attached hydrogen (secondary N) is 2. The number of aryl methyl sites for hydroxylation is 1. The number of nitrogens with zero attached hydrogens (tertiary/aromatic N) is 1. The van der Waals surface area contributed by atoms with Gasteiger partial charge in [0.15, 0.2) is 0 Å². The van der Waals surface area contributed by atoms with Crippen LogP contribution >= 0.6 is 0 Å². The van der Waals surface area contributed by atoms with Gasteiger partial charge >= 0.3 is 0 Å². The first kappa shape index (κ1) is 16.4. The molecule has 2 N–H and O–H groups in total. The lowest BCUT2D eigenvalue weighted by atomic mass is 10.1. The van der Waals surface area contributed by atoms with Gasteiger partial charge in [0.05, 0.1) is 17.2 Å². The summed E-state index contributed by atoms with van der Waals surface area (Å²) in [6, 6.07) is 15.8. The Hall–Kier alpha value is -2.51. The van der Waals surface area contributed by atoms with E-state index in [0.717, 1.165) is 24.1 Å². The normalized spacial score (nSPS) is 15.2. The topological polar surface area (TPSA) is 87.6 Å². The van der Waals surface area contributed by atoms with E-state index < -0.39 is 15.9 Å². The smallest absolute Gasteiger partial charge is 0.255 e. The van der Waals surface area contributed by atoms with Crippen molar-refractivity contribution in [2.75, 3.05) is 6.54 Å². The fraction of sp³-hybridized carbons (Fsp3) is 0.176. The van der Waals surface area contributed by atoms with E-state index in [1.54, 1.807) is 18.2 Å². The summed E-state index contributed by atoms with van der Waals surface area (Å²) >= 11 is 0. The van der Waals surface area contributed by atoms with Crippen molar-refractivity contribution in [1.82, 2.24) is 10.1 Å². The van der Waals surface area contributed by atoms with E-state index in [0.29, 0.717) is 0 Å². The number of carbonyl (C=O) groups is 1. The molecule has 2 aromatic rings. The number of amides is 1. The average Bonchev–Trinajstić information content (AvgIpc) is 3.02. The molecule has 0 atom stereocenters. The van der Waals surface area contributed by atoms with Gasteiger partial charge in [0.2, 0.25) is 10.0 Å². The van der Waals surface area contributed by atoms with Crippen molar-refractivity contribution in [3.8, 4) is 0 Å². The van der Waals surface area contributed by atoms with E-state index in [9.17, 15) is 13.2 Å². The van der Waals surface area contributed by atoms with Gasteiger partial charge in [0, 0.05) is 5.56 Å². The van der Waals surface area contributed by atoms with Gasteiger partial charge in [-0.05, 0) is 30.5 Å². The summed E-state index contributed by atoms with van der Waals surface area (Å²) in [4.78, 5) is 12.0. The zero-order valence-corrected chi connectivity index (χ0v) is 13.7. The van der Waals surface area contributed by atoms with Crippen LogP contribution < -0.4 is 10.1 Å². The zero-order chi connectivity index (χ0) is 17.0. The van der Waals surface area contributed by atoms with E-state index in [1.807, 2.05) is 24.3 Å². The quantitative estimate of drug-likeness (QED) is 0.805. The number of hydrazone groups is 1. The lowest BCUT2D eigenvalue weighted by molar-refractivity contribution is -0.119. The van der Waals surface area contributed by atoms with Crippen LogP contribution in [0.4, 0.5) is 0 Å². The first-order valence-corrected chi connectivity index (χ1v) is 9.03. The molecule has 0 heterocycles. The van der Waals surface area contributed by atoms with Crippen LogP contribution in [0.5, 0.6) is 0 Å². The summed E-state index contributed by atoms with van der Waals surface area (Å²) in [5, 5.41) is 4.12. The number of hydrogen-bond acceptors (Lipinski definition) is 4. The molecule has 3 rings (SSSR count). The third-order valence-corrected chi connectivity index (χ3v) is 5.17. The van der Waals surface area contributed by atoms with Crippen molar-refractivity contribution in [2.24, 2.45) is 5.10 Å². The number of benzene rings is 2. The van der Waals surface area contributed by atoms with Gasteiger partial charge < -0.3 is 0 Å². The van der Waals surface area contributed by atoms with Crippen molar-refractivity contribution in [3.05, 3.63) is 65.7 Å². The van der Waals surface area contributed by atoms with Crippen molar-refractivity contribution in [3.63, 3.8) is 0 Å². The molecule has 0 aliphatic heterocycles. The molecule has 6 nitrogen and oxygen atoms in total. The maximum atomic E-state index is 12.0.